The average molecular weight is 531 g/mol. The van der Waals surface area contributed by atoms with Crippen LogP contribution in [0, 0.1) is 10.8 Å². The number of aliphatic hydroxyl groups is 1. The summed E-state index contributed by atoms with van der Waals surface area (Å²) in [5, 5.41) is 38.9. The number of fused-ring (bicyclic) bond motifs is 1. The van der Waals surface area contributed by atoms with Gasteiger partial charge in [-0.05, 0) is 66.3 Å². The fourth-order valence-corrected chi connectivity index (χ4v) is 4.22. The molecular formula is C28H30BClN5O3. The van der Waals surface area contributed by atoms with Gasteiger partial charge in [-0.15, -0.1) is 0 Å². The highest BCUT2D eigenvalue weighted by atomic mass is 35.5. The average Bonchev–Trinajstić information content (AvgIpc) is 3.04. The van der Waals surface area contributed by atoms with Gasteiger partial charge in [0.2, 0.25) is 5.91 Å². The molecule has 1 aliphatic heterocycles. The number of nitrogens with zero attached hydrogens (tertiary/aromatic N) is 2. The van der Waals surface area contributed by atoms with Crippen molar-refractivity contribution >= 4 is 53.5 Å². The van der Waals surface area contributed by atoms with Crippen LogP contribution in [0.15, 0.2) is 65.7 Å². The van der Waals surface area contributed by atoms with Gasteiger partial charge in [0.1, 0.15) is 11.7 Å². The van der Waals surface area contributed by atoms with E-state index in [2.05, 4.69) is 5.32 Å². The Morgan fingerprint density at radius 3 is 2.26 bits per heavy atom. The number of hydrogen-bond acceptors (Lipinski definition) is 6. The summed E-state index contributed by atoms with van der Waals surface area (Å²) in [6.45, 7) is 5.73. The van der Waals surface area contributed by atoms with E-state index in [9.17, 15) is 14.9 Å². The highest BCUT2D eigenvalue weighted by molar-refractivity contribution is 6.46. The topological polar surface area (TPSA) is 133 Å². The molecule has 0 spiro atoms. The molecule has 0 bridgehead atoms. The number of anilines is 1. The van der Waals surface area contributed by atoms with Crippen LogP contribution in [0.2, 0.25) is 5.02 Å². The number of hydrogen-bond donors (Lipinski definition) is 5. The van der Waals surface area contributed by atoms with Crippen LogP contribution in [0.1, 0.15) is 37.5 Å². The van der Waals surface area contributed by atoms with E-state index in [1.54, 1.807) is 30.0 Å². The lowest BCUT2D eigenvalue weighted by Crippen LogP contribution is -2.35. The SMILES string of the molecule is CC(=N)N1C(=N)CN=C(c2ccc(Cl)cc2)c2cc(-c3ccc([B]O)c(CO)c3)ccc21.CCNC(C)=O. The van der Waals surface area contributed by atoms with Gasteiger partial charge in [-0.1, -0.05) is 41.9 Å². The first-order valence-corrected chi connectivity index (χ1v) is 12.4. The van der Waals surface area contributed by atoms with Crippen molar-refractivity contribution in [3.8, 4) is 11.1 Å². The van der Waals surface area contributed by atoms with E-state index in [1.807, 2.05) is 49.4 Å². The Labute approximate surface area is 228 Å². The number of carbonyl (C=O) groups is 1. The third kappa shape index (κ3) is 6.75. The number of rotatable bonds is 5. The van der Waals surface area contributed by atoms with Crippen molar-refractivity contribution in [1.29, 1.82) is 10.8 Å². The van der Waals surface area contributed by atoms with Crippen LogP contribution >= 0.6 is 11.6 Å². The number of aliphatic imine (C=N–C) groups is 1. The number of nitrogens with one attached hydrogen (secondary N) is 3. The second-order valence-electron chi connectivity index (χ2n) is 8.56. The summed E-state index contributed by atoms with van der Waals surface area (Å²) >= 11 is 6.08. The Hall–Kier alpha value is -3.79. The normalized spacial score (nSPS) is 12.4. The van der Waals surface area contributed by atoms with Gasteiger partial charge in [0.15, 0.2) is 0 Å². The zero-order valence-corrected chi connectivity index (χ0v) is 22.3. The highest BCUT2D eigenvalue weighted by Crippen LogP contribution is 2.32. The summed E-state index contributed by atoms with van der Waals surface area (Å²) in [6, 6.07) is 18.6. The first-order valence-electron chi connectivity index (χ1n) is 12.0. The summed E-state index contributed by atoms with van der Waals surface area (Å²) in [4.78, 5) is 16.2. The Balaban J connectivity index is 0.000000599. The largest absolute Gasteiger partial charge is 0.450 e. The van der Waals surface area contributed by atoms with Crippen LogP contribution in [-0.2, 0) is 11.4 Å². The highest BCUT2D eigenvalue weighted by Gasteiger charge is 2.25. The molecule has 1 amide bonds. The van der Waals surface area contributed by atoms with Crippen LogP contribution in [0.5, 0.6) is 0 Å². The van der Waals surface area contributed by atoms with E-state index in [0.29, 0.717) is 21.7 Å². The number of benzene rings is 3. The maximum absolute atomic E-state index is 9.93. The lowest BCUT2D eigenvalue weighted by atomic mass is 9.83. The predicted octanol–water partition coefficient (Wildman–Crippen LogP) is 3.51. The second-order valence-corrected chi connectivity index (χ2v) is 8.99. The minimum Gasteiger partial charge on any atom is -0.450 e. The summed E-state index contributed by atoms with van der Waals surface area (Å²) in [6.07, 6.45) is 0. The van der Waals surface area contributed by atoms with E-state index >= 15 is 0 Å². The maximum atomic E-state index is 9.93. The molecule has 8 nitrogen and oxygen atoms in total. The molecule has 3 aromatic carbocycles. The third-order valence-corrected chi connectivity index (χ3v) is 6.07. The minimum absolute atomic E-state index is 0.0394. The fraction of sp³-hybridized carbons (Fsp3) is 0.214. The molecule has 0 aliphatic carbocycles. The molecule has 10 heteroatoms. The molecule has 0 atom stereocenters. The van der Waals surface area contributed by atoms with E-state index in [4.69, 9.17) is 27.4 Å². The molecule has 0 saturated heterocycles. The van der Waals surface area contributed by atoms with Crippen molar-refractivity contribution in [1.82, 2.24) is 5.32 Å². The van der Waals surface area contributed by atoms with Gasteiger partial charge >= 0.3 is 7.48 Å². The van der Waals surface area contributed by atoms with Crippen LogP contribution in [-0.4, -0.2) is 54.0 Å². The van der Waals surface area contributed by atoms with Crippen LogP contribution in [0.25, 0.3) is 11.1 Å². The van der Waals surface area contributed by atoms with Crippen molar-refractivity contribution in [3.63, 3.8) is 0 Å². The molecule has 4 rings (SSSR count). The first-order chi connectivity index (χ1) is 18.2. The molecule has 5 N–H and O–H groups in total. The molecule has 1 radical (unpaired) electrons. The molecule has 1 heterocycles. The van der Waals surface area contributed by atoms with Crippen molar-refractivity contribution in [2.24, 2.45) is 4.99 Å². The summed E-state index contributed by atoms with van der Waals surface area (Å²) in [5.41, 5.74) is 6.03. The predicted molar refractivity (Wildman–Crippen MR) is 155 cm³/mol. The Kier molecular flexibility index (Phi) is 9.95. The Morgan fingerprint density at radius 2 is 1.71 bits per heavy atom. The number of carbonyl (C=O) groups excluding carboxylic acids is 1. The number of amidine groups is 2. The second kappa shape index (κ2) is 13.1. The van der Waals surface area contributed by atoms with Crippen molar-refractivity contribution < 1.29 is 14.9 Å². The number of benzodiazepines with no additional fused rings is 1. The first kappa shape index (κ1) is 28.8. The molecule has 0 aromatic heterocycles. The van der Waals surface area contributed by atoms with Gasteiger partial charge in [0.25, 0.3) is 0 Å². The van der Waals surface area contributed by atoms with Crippen LogP contribution in [0.4, 0.5) is 5.69 Å². The molecule has 38 heavy (non-hydrogen) atoms. The lowest BCUT2D eigenvalue weighted by molar-refractivity contribution is -0.118. The maximum Gasteiger partial charge on any atom is 0.327 e. The molecule has 0 fully saturated rings. The van der Waals surface area contributed by atoms with E-state index < -0.39 is 0 Å². The monoisotopic (exact) mass is 530 g/mol. The van der Waals surface area contributed by atoms with E-state index in [0.717, 1.165) is 42.0 Å². The van der Waals surface area contributed by atoms with Gasteiger partial charge in [0, 0.05) is 29.6 Å². The van der Waals surface area contributed by atoms with Crippen molar-refractivity contribution in [3.05, 3.63) is 82.4 Å². The molecule has 0 unspecified atom stereocenters. The van der Waals surface area contributed by atoms with Gasteiger partial charge in [-0.25, -0.2) is 0 Å². The summed E-state index contributed by atoms with van der Waals surface area (Å²) in [7, 11) is 0.980. The number of aliphatic hydroxyl groups excluding tert-OH is 1. The van der Waals surface area contributed by atoms with Gasteiger partial charge in [-0.3, -0.25) is 25.5 Å². The smallest absolute Gasteiger partial charge is 0.327 e. The van der Waals surface area contributed by atoms with Crippen molar-refractivity contribution in [2.45, 2.75) is 27.4 Å². The quantitative estimate of drug-likeness (QED) is 0.196. The van der Waals surface area contributed by atoms with E-state index in [-0.39, 0.29) is 30.7 Å². The van der Waals surface area contributed by atoms with Crippen molar-refractivity contribution in [2.75, 3.05) is 18.0 Å². The van der Waals surface area contributed by atoms with Gasteiger partial charge in [-0.2, -0.15) is 0 Å². The molecule has 195 valence electrons. The van der Waals surface area contributed by atoms with Gasteiger partial charge in [0.05, 0.1) is 24.6 Å². The summed E-state index contributed by atoms with van der Waals surface area (Å²) < 4.78 is 0. The van der Waals surface area contributed by atoms with E-state index in [1.165, 1.54) is 6.92 Å². The summed E-state index contributed by atoms with van der Waals surface area (Å²) in [5.74, 6) is 0.500. The Morgan fingerprint density at radius 1 is 1.08 bits per heavy atom. The molecule has 0 saturated carbocycles. The number of halogens is 1. The minimum atomic E-state index is -0.194. The van der Waals surface area contributed by atoms with Gasteiger partial charge < -0.3 is 15.4 Å². The zero-order valence-electron chi connectivity index (χ0n) is 21.5. The third-order valence-electron chi connectivity index (χ3n) is 5.81. The van der Waals surface area contributed by atoms with Crippen LogP contribution in [0.3, 0.4) is 0 Å². The van der Waals surface area contributed by atoms with Crippen LogP contribution < -0.4 is 15.7 Å². The zero-order chi connectivity index (χ0) is 27.8. The number of amides is 1. The Bertz CT molecular complexity index is 1380. The lowest BCUT2D eigenvalue weighted by Gasteiger charge is -2.24. The molecule has 1 aliphatic rings. The molecular weight excluding hydrogens is 501 g/mol. The molecule has 3 aromatic rings. The fourth-order valence-electron chi connectivity index (χ4n) is 4.09. The standard InChI is InChI=1S/C24H21BClN4O2.C4H9NO/c1-14(27)30-22-9-5-17(16-4-8-21(25-32)18(10-16)13-31)11-20(22)24(29-12-23(30)28)15-2-6-19(26)7-3-15;1-3-5-4(2)6/h2-11,27-28,31-32H,12-13H2,1H3;3H2,1-2H3,(H,5,6).